The normalized spacial score (nSPS) is 10.8. The van der Waals surface area contributed by atoms with Gasteiger partial charge in [-0.3, -0.25) is 4.79 Å². The lowest BCUT2D eigenvalue weighted by Crippen LogP contribution is -2.17. The average molecular weight is 296 g/mol. The molecule has 0 saturated carbocycles. The van der Waals surface area contributed by atoms with Crippen LogP contribution < -0.4 is 11.1 Å². The van der Waals surface area contributed by atoms with Gasteiger partial charge in [-0.05, 0) is 32.0 Å². The summed E-state index contributed by atoms with van der Waals surface area (Å²) in [5, 5.41) is 6.95. The Morgan fingerprint density at radius 2 is 2.18 bits per heavy atom. The molecule has 0 fully saturated rings. The van der Waals surface area contributed by atoms with Crippen molar-refractivity contribution in [2.24, 2.45) is 0 Å². The van der Waals surface area contributed by atoms with Gasteiger partial charge in [0.1, 0.15) is 6.33 Å². The summed E-state index contributed by atoms with van der Waals surface area (Å²) in [7, 11) is 0. The fraction of sp³-hybridized carbons (Fsp3) is 0.200. The number of amides is 1. The highest BCUT2D eigenvalue weighted by Crippen LogP contribution is 2.16. The smallest absolute Gasteiger partial charge is 0.252 e. The van der Waals surface area contributed by atoms with Gasteiger partial charge in [0, 0.05) is 28.3 Å². The monoisotopic (exact) mass is 296 g/mol. The Labute approximate surface area is 127 Å². The number of nitrogens with two attached hydrogens (primary N) is 1. The van der Waals surface area contributed by atoms with E-state index in [2.05, 4.69) is 20.4 Å². The minimum absolute atomic E-state index is 0.127. The number of hydrogen-bond acceptors (Lipinski definition) is 5. The number of nitrogens with one attached hydrogen (secondary N) is 1. The van der Waals surface area contributed by atoms with Gasteiger partial charge in [-0.15, -0.1) is 0 Å². The Kier molecular flexibility index (Phi) is 3.46. The summed E-state index contributed by atoms with van der Waals surface area (Å²) >= 11 is 0. The van der Waals surface area contributed by atoms with Gasteiger partial charge in [0.05, 0.1) is 6.42 Å². The number of anilines is 2. The lowest BCUT2D eigenvalue weighted by Gasteiger charge is -2.11. The molecule has 7 nitrogen and oxygen atoms in total. The van der Waals surface area contributed by atoms with E-state index in [-0.39, 0.29) is 12.3 Å². The van der Waals surface area contributed by atoms with E-state index in [4.69, 9.17) is 5.73 Å². The van der Waals surface area contributed by atoms with Crippen LogP contribution in [0.5, 0.6) is 0 Å². The number of benzene rings is 1. The zero-order valence-electron chi connectivity index (χ0n) is 12.4. The number of hydrogen-bond donors (Lipinski definition) is 2. The summed E-state index contributed by atoms with van der Waals surface area (Å²) in [6, 6.07) is 7.08. The highest BCUT2D eigenvalue weighted by atomic mass is 16.1. The van der Waals surface area contributed by atoms with E-state index in [1.54, 1.807) is 28.8 Å². The fourth-order valence-corrected chi connectivity index (χ4v) is 2.39. The summed E-state index contributed by atoms with van der Waals surface area (Å²) < 4.78 is 1.64. The summed E-state index contributed by atoms with van der Waals surface area (Å²) in [4.78, 5) is 20.7. The van der Waals surface area contributed by atoms with Gasteiger partial charge in [0.25, 0.3) is 5.78 Å². The van der Waals surface area contributed by atoms with Gasteiger partial charge >= 0.3 is 0 Å². The van der Waals surface area contributed by atoms with Crippen LogP contribution in [0.1, 0.15) is 17.0 Å². The number of carbonyl (C=O) groups is 1. The number of rotatable bonds is 3. The van der Waals surface area contributed by atoms with Crippen LogP contribution in [0.25, 0.3) is 5.78 Å². The maximum Gasteiger partial charge on any atom is 0.252 e. The van der Waals surface area contributed by atoms with Crippen LogP contribution in [0.2, 0.25) is 0 Å². The number of fused-ring (bicyclic) bond motifs is 1. The molecule has 2 heterocycles. The van der Waals surface area contributed by atoms with Crippen molar-refractivity contribution in [3.05, 3.63) is 47.5 Å². The summed E-state index contributed by atoms with van der Waals surface area (Å²) in [6.45, 7) is 3.77. The van der Waals surface area contributed by atoms with Crippen molar-refractivity contribution in [3.8, 4) is 0 Å². The number of aromatic nitrogens is 4. The molecule has 0 bridgehead atoms. The number of nitrogen functional groups attached to an aromatic ring is 1. The predicted molar refractivity (Wildman–Crippen MR) is 83.4 cm³/mol. The summed E-state index contributed by atoms with van der Waals surface area (Å²) in [6.07, 6.45) is 1.67. The topological polar surface area (TPSA) is 98.2 Å². The van der Waals surface area contributed by atoms with E-state index >= 15 is 0 Å². The Balaban J connectivity index is 1.85. The van der Waals surface area contributed by atoms with E-state index in [0.29, 0.717) is 17.2 Å². The van der Waals surface area contributed by atoms with Gasteiger partial charge in [-0.1, -0.05) is 6.07 Å². The molecule has 0 aliphatic carbocycles. The van der Waals surface area contributed by atoms with Crippen LogP contribution in [0.3, 0.4) is 0 Å². The molecule has 7 heteroatoms. The zero-order chi connectivity index (χ0) is 15.7. The third-order valence-corrected chi connectivity index (χ3v) is 3.50. The van der Waals surface area contributed by atoms with Crippen LogP contribution >= 0.6 is 0 Å². The van der Waals surface area contributed by atoms with Crippen LogP contribution in [0.15, 0.2) is 30.6 Å². The minimum atomic E-state index is -0.127. The van der Waals surface area contributed by atoms with Gasteiger partial charge in [0.2, 0.25) is 5.91 Å². The van der Waals surface area contributed by atoms with Crippen LogP contribution in [-0.4, -0.2) is 25.5 Å². The Morgan fingerprint density at radius 3 is 2.95 bits per heavy atom. The van der Waals surface area contributed by atoms with E-state index < -0.39 is 0 Å². The molecule has 0 saturated heterocycles. The average Bonchev–Trinajstić information content (AvgIpc) is 2.91. The van der Waals surface area contributed by atoms with Crippen molar-refractivity contribution in [2.75, 3.05) is 11.1 Å². The highest BCUT2D eigenvalue weighted by molar-refractivity contribution is 5.92. The molecule has 3 aromatic rings. The lowest BCUT2D eigenvalue weighted by molar-refractivity contribution is -0.115. The van der Waals surface area contributed by atoms with Gasteiger partial charge in [0.15, 0.2) is 0 Å². The SMILES string of the molecule is Cc1nc2ncnn2c(C)c1CC(=O)Nc1cccc(N)c1. The third-order valence-electron chi connectivity index (χ3n) is 3.50. The van der Waals surface area contributed by atoms with Crippen molar-refractivity contribution in [1.82, 2.24) is 19.6 Å². The summed E-state index contributed by atoms with van der Waals surface area (Å²) in [5.74, 6) is 0.410. The molecule has 1 amide bonds. The molecule has 3 rings (SSSR count). The lowest BCUT2D eigenvalue weighted by atomic mass is 10.1. The van der Waals surface area contributed by atoms with Gasteiger partial charge < -0.3 is 11.1 Å². The second kappa shape index (κ2) is 5.44. The molecular formula is C15H16N6O. The minimum Gasteiger partial charge on any atom is -0.399 e. The Morgan fingerprint density at radius 1 is 1.36 bits per heavy atom. The Bertz CT molecular complexity index is 854. The third kappa shape index (κ3) is 2.60. The zero-order valence-corrected chi connectivity index (χ0v) is 12.4. The van der Waals surface area contributed by atoms with Crippen molar-refractivity contribution < 1.29 is 4.79 Å². The first kappa shape index (κ1) is 14.0. The molecule has 112 valence electrons. The predicted octanol–water partition coefficient (Wildman–Crippen LogP) is 1.50. The molecule has 0 radical (unpaired) electrons. The van der Waals surface area contributed by atoms with Crippen LogP contribution in [0.4, 0.5) is 11.4 Å². The van der Waals surface area contributed by atoms with E-state index in [1.165, 1.54) is 6.33 Å². The number of nitrogens with zero attached hydrogens (tertiary/aromatic N) is 4. The highest BCUT2D eigenvalue weighted by Gasteiger charge is 2.14. The molecule has 3 N–H and O–H groups in total. The second-order valence-electron chi connectivity index (χ2n) is 5.08. The largest absolute Gasteiger partial charge is 0.399 e. The quantitative estimate of drug-likeness (QED) is 0.714. The first-order valence-electron chi connectivity index (χ1n) is 6.86. The van der Waals surface area contributed by atoms with Crippen molar-refractivity contribution >= 4 is 23.1 Å². The van der Waals surface area contributed by atoms with Gasteiger partial charge in [-0.2, -0.15) is 10.1 Å². The number of aryl methyl sites for hydroxylation is 2. The fourth-order valence-electron chi connectivity index (χ4n) is 2.39. The van der Waals surface area contributed by atoms with Crippen molar-refractivity contribution in [3.63, 3.8) is 0 Å². The Hall–Kier alpha value is -2.96. The molecule has 22 heavy (non-hydrogen) atoms. The molecule has 0 unspecified atom stereocenters. The maximum absolute atomic E-state index is 12.2. The molecular weight excluding hydrogens is 280 g/mol. The molecule has 1 aromatic carbocycles. The van der Waals surface area contributed by atoms with Crippen LogP contribution in [-0.2, 0) is 11.2 Å². The second-order valence-corrected chi connectivity index (χ2v) is 5.08. The first-order chi connectivity index (χ1) is 10.5. The van der Waals surface area contributed by atoms with Crippen molar-refractivity contribution in [2.45, 2.75) is 20.3 Å². The number of carbonyl (C=O) groups excluding carboxylic acids is 1. The summed E-state index contributed by atoms with van der Waals surface area (Å²) in [5.41, 5.74) is 9.48. The van der Waals surface area contributed by atoms with Gasteiger partial charge in [-0.25, -0.2) is 9.50 Å². The molecule has 2 aromatic heterocycles. The molecule has 0 aliphatic heterocycles. The first-order valence-corrected chi connectivity index (χ1v) is 6.86. The standard InChI is InChI=1S/C15H16N6O/c1-9-13(10(2)21-15(19-9)17-8-18-21)7-14(22)20-12-5-3-4-11(16)6-12/h3-6,8H,7,16H2,1-2H3,(H,20,22). The van der Waals surface area contributed by atoms with Crippen LogP contribution in [0, 0.1) is 13.8 Å². The molecule has 0 spiro atoms. The molecule has 0 aliphatic rings. The maximum atomic E-state index is 12.2. The molecule has 0 atom stereocenters. The van der Waals surface area contributed by atoms with E-state index in [9.17, 15) is 4.79 Å². The van der Waals surface area contributed by atoms with E-state index in [0.717, 1.165) is 17.0 Å². The van der Waals surface area contributed by atoms with Crippen molar-refractivity contribution in [1.29, 1.82) is 0 Å². The van der Waals surface area contributed by atoms with E-state index in [1.807, 2.05) is 13.8 Å².